The van der Waals surface area contributed by atoms with Crippen molar-refractivity contribution >= 4 is 15.9 Å². The second kappa shape index (κ2) is 7.85. The van der Waals surface area contributed by atoms with Crippen LogP contribution in [0.2, 0.25) is 0 Å². The minimum atomic E-state index is -3.56. The van der Waals surface area contributed by atoms with Gasteiger partial charge in [0.05, 0.1) is 10.4 Å². The van der Waals surface area contributed by atoms with Crippen LogP contribution in [0, 0.1) is 5.92 Å². The third-order valence-electron chi connectivity index (χ3n) is 5.15. The summed E-state index contributed by atoms with van der Waals surface area (Å²) in [5.74, 6) is -0.154. The fourth-order valence-corrected chi connectivity index (χ4v) is 4.38. The van der Waals surface area contributed by atoms with Crippen LogP contribution in [0.4, 0.5) is 0 Å². The highest BCUT2D eigenvalue weighted by molar-refractivity contribution is 7.89. The molecular weight excluding hydrogens is 338 g/mol. The first-order chi connectivity index (χ1) is 11.7. The molecule has 0 aliphatic carbocycles. The topological polar surface area (TPSA) is 92.5 Å². The van der Waals surface area contributed by atoms with Crippen molar-refractivity contribution in [2.24, 2.45) is 11.7 Å². The van der Waals surface area contributed by atoms with Crippen molar-refractivity contribution in [2.75, 3.05) is 19.6 Å². The number of piperidine rings is 1. The smallest absolute Gasteiger partial charge is 0.251 e. The summed E-state index contributed by atoms with van der Waals surface area (Å²) in [5, 5.41) is 2.94. The fraction of sp³-hybridized carbons (Fsp3) is 0.611. The van der Waals surface area contributed by atoms with Gasteiger partial charge in [-0.2, -0.15) is 4.31 Å². The molecule has 0 bridgehead atoms. The van der Waals surface area contributed by atoms with Crippen LogP contribution in [0.1, 0.15) is 50.4 Å². The van der Waals surface area contributed by atoms with Crippen LogP contribution < -0.4 is 11.1 Å². The van der Waals surface area contributed by atoms with Crippen LogP contribution in [-0.2, 0) is 10.0 Å². The van der Waals surface area contributed by atoms with Gasteiger partial charge in [-0.3, -0.25) is 4.79 Å². The van der Waals surface area contributed by atoms with E-state index in [0.29, 0.717) is 25.2 Å². The zero-order valence-electron chi connectivity index (χ0n) is 15.3. The molecule has 1 saturated heterocycles. The highest BCUT2D eigenvalue weighted by atomic mass is 32.2. The second-order valence-electron chi connectivity index (χ2n) is 7.22. The van der Waals surface area contributed by atoms with Gasteiger partial charge in [0.1, 0.15) is 0 Å². The van der Waals surface area contributed by atoms with E-state index in [4.69, 9.17) is 5.73 Å². The number of nitrogens with two attached hydrogens (primary N) is 1. The number of carbonyl (C=O) groups is 1. The van der Waals surface area contributed by atoms with E-state index in [0.717, 1.165) is 19.3 Å². The molecular formula is C18H29N3O3S. The van der Waals surface area contributed by atoms with Crippen molar-refractivity contribution in [3.63, 3.8) is 0 Å². The molecule has 0 radical (unpaired) electrons. The molecule has 0 aromatic heterocycles. The molecule has 1 amide bonds. The van der Waals surface area contributed by atoms with Gasteiger partial charge in [0.2, 0.25) is 10.0 Å². The van der Waals surface area contributed by atoms with E-state index in [1.165, 1.54) is 10.4 Å². The molecule has 140 valence electrons. The van der Waals surface area contributed by atoms with Crippen LogP contribution in [0.25, 0.3) is 0 Å². The maximum absolute atomic E-state index is 12.8. The van der Waals surface area contributed by atoms with Crippen molar-refractivity contribution in [1.82, 2.24) is 9.62 Å². The molecule has 1 unspecified atom stereocenters. The fourth-order valence-electron chi connectivity index (χ4n) is 2.81. The molecule has 1 aliphatic rings. The van der Waals surface area contributed by atoms with Crippen molar-refractivity contribution in [2.45, 2.75) is 50.5 Å². The van der Waals surface area contributed by atoms with Gasteiger partial charge in [0, 0.05) is 25.2 Å². The Morgan fingerprint density at radius 1 is 1.28 bits per heavy atom. The summed E-state index contributed by atoms with van der Waals surface area (Å²) < 4.78 is 27.1. The molecule has 1 fully saturated rings. The Bertz CT molecular complexity index is 712. The lowest BCUT2D eigenvalue weighted by Crippen LogP contribution is -2.55. The number of carbonyl (C=O) groups excluding carboxylic acids is 1. The standard InChI is InChI=1S/C18H29N3O3S/c1-14(2)18(3,13-19)20-17(22)15-8-7-9-16(12-15)25(23,24)21-10-5-4-6-11-21/h7-9,12,14H,4-6,10-11,13,19H2,1-3H3,(H,20,22). The predicted molar refractivity (Wildman–Crippen MR) is 98.8 cm³/mol. The molecule has 7 heteroatoms. The molecule has 1 atom stereocenters. The Labute approximate surface area is 150 Å². The Kier molecular flexibility index (Phi) is 6.24. The number of hydrogen-bond acceptors (Lipinski definition) is 4. The van der Waals surface area contributed by atoms with E-state index >= 15 is 0 Å². The SMILES string of the molecule is CC(C)C(C)(CN)NC(=O)c1cccc(S(=O)(=O)N2CCCCC2)c1. The lowest BCUT2D eigenvalue weighted by atomic mass is 9.88. The van der Waals surface area contributed by atoms with Crippen LogP contribution in [0.15, 0.2) is 29.2 Å². The van der Waals surface area contributed by atoms with Gasteiger partial charge < -0.3 is 11.1 Å². The molecule has 3 N–H and O–H groups in total. The Hall–Kier alpha value is -1.44. The maximum Gasteiger partial charge on any atom is 0.251 e. The largest absolute Gasteiger partial charge is 0.345 e. The van der Waals surface area contributed by atoms with E-state index in [9.17, 15) is 13.2 Å². The molecule has 1 heterocycles. The summed E-state index contributed by atoms with van der Waals surface area (Å²) >= 11 is 0. The van der Waals surface area contributed by atoms with Gasteiger partial charge in [-0.05, 0) is 43.9 Å². The minimum absolute atomic E-state index is 0.154. The van der Waals surface area contributed by atoms with E-state index in [2.05, 4.69) is 5.32 Å². The first-order valence-corrected chi connectivity index (χ1v) is 10.3. The molecule has 1 aromatic carbocycles. The van der Waals surface area contributed by atoms with Crippen LogP contribution >= 0.6 is 0 Å². The van der Waals surface area contributed by atoms with Gasteiger partial charge >= 0.3 is 0 Å². The third kappa shape index (κ3) is 4.40. The van der Waals surface area contributed by atoms with Crippen molar-refractivity contribution in [1.29, 1.82) is 0 Å². The van der Waals surface area contributed by atoms with E-state index in [1.54, 1.807) is 18.2 Å². The zero-order valence-corrected chi connectivity index (χ0v) is 16.1. The highest BCUT2D eigenvalue weighted by Gasteiger charge is 2.30. The number of hydrogen-bond donors (Lipinski definition) is 2. The molecule has 1 aliphatic heterocycles. The van der Waals surface area contributed by atoms with Crippen molar-refractivity contribution in [3.05, 3.63) is 29.8 Å². The Balaban J connectivity index is 2.25. The quantitative estimate of drug-likeness (QED) is 0.804. The molecule has 0 saturated carbocycles. The van der Waals surface area contributed by atoms with Gasteiger partial charge in [-0.25, -0.2) is 8.42 Å². The van der Waals surface area contributed by atoms with E-state index in [-0.39, 0.29) is 16.7 Å². The van der Waals surface area contributed by atoms with Crippen LogP contribution in [-0.4, -0.2) is 43.8 Å². The zero-order chi connectivity index (χ0) is 18.7. The first-order valence-electron chi connectivity index (χ1n) is 8.83. The molecule has 25 heavy (non-hydrogen) atoms. The van der Waals surface area contributed by atoms with Crippen molar-refractivity contribution < 1.29 is 13.2 Å². The lowest BCUT2D eigenvalue weighted by Gasteiger charge is -2.33. The first kappa shape index (κ1) is 19.9. The summed E-state index contributed by atoms with van der Waals surface area (Å²) in [4.78, 5) is 12.8. The predicted octanol–water partition coefficient (Wildman–Crippen LogP) is 1.96. The van der Waals surface area contributed by atoms with Gasteiger partial charge in [-0.15, -0.1) is 0 Å². The van der Waals surface area contributed by atoms with E-state index in [1.807, 2.05) is 20.8 Å². The highest BCUT2D eigenvalue weighted by Crippen LogP contribution is 2.22. The summed E-state index contributed by atoms with van der Waals surface area (Å²) in [6.07, 6.45) is 2.81. The number of benzene rings is 1. The number of nitrogens with zero attached hydrogens (tertiary/aromatic N) is 1. The van der Waals surface area contributed by atoms with Gasteiger partial charge in [0.15, 0.2) is 0 Å². The van der Waals surface area contributed by atoms with E-state index < -0.39 is 15.6 Å². The van der Waals surface area contributed by atoms with Crippen LogP contribution in [0.5, 0.6) is 0 Å². The van der Waals surface area contributed by atoms with Gasteiger partial charge in [-0.1, -0.05) is 26.3 Å². The normalized spacial score (nSPS) is 18.8. The monoisotopic (exact) mass is 367 g/mol. The number of sulfonamides is 1. The molecule has 6 nitrogen and oxygen atoms in total. The third-order valence-corrected chi connectivity index (χ3v) is 7.04. The van der Waals surface area contributed by atoms with Crippen molar-refractivity contribution in [3.8, 4) is 0 Å². The van der Waals surface area contributed by atoms with Crippen LogP contribution in [0.3, 0.4) is 0 Å². The maximum atomic E-state index is 12.8. The molecule has 2 rings (SSSR count). The lowest BCUT2D eigenvalue weighted by molar-refractivity contribution is 0.0883. The Morgan fingerprint density at radius 3 is 2.48 bits per heavy atom. The summed E-state index contributed by atoms with van der Waals surface area (Å²) in [6.45, 7) is 7.26. The summed E-state index contributed by atoms with van der Waals surface area (Å²) in [5.41, 5.74) is 5.60. The summed E-state index contributed by atoms with van der Waals surface area (Å²) in [7, 11) is -3.56. The Morgan fingerprint density at radius 2 is 1.92 bits per heavy atom. The molecule has 1 aromatic rings. The minimum Gasteiger partial charge on any atom is -0.345 e. The molecule has 0 spiro atoms. The van der Waals surface area contributed by atoms with Gasteiger partial charge in [0.25, 0.3) is 5.91 Å². The average Bonchev–Trinajstić information content (AvgIpc) is 2.62. The summed E-state index contributed by atoms with van der Waals surface area (Å²) in [6, 6.07) is 6.24. The average molecular weight is 368 g/mol. The number of amides is 1. The number of rotatable bonds is 6. The number of nitrogens with one attached hydrogen (secondary N) is 1. The second-order valence-corrected chi connectivity index (χ2v) is 9.16.